The molecule has 3 aromatic carbocycles. The molecule has 0 spiro atoms. The van der Waals surface area contributed by atoms with Crippen molar-refractivity contribution in [3.63, 3.8) is 0 Å². The molecule has 0 saturated carbocycles. The Kier molecular flexibility index (Phi) is 7.07. The number of benzene rings is 3. The average molecular weight is 483 g/mol. The minimum Gasteiger partial charge on any atom is -0.406 e. The number of alkyl halides is 3. The number of halogens is 3. The van der Waals surface area contributed by atoms with E-state index in [4.69, 9.17) is 0 Å². The number of nitrogens with one attached hydrogen (secondary N) is 2. The Morgan fingerprint density at radius 2 is 1.77 bits per heavy atom. The first-order valence-electron chi connectivity index (χ1n) is 11.0. The summed E-state index contributed by atoms with van der Waals surface area (Å²) in [6.45, 7) is 1.87. The highest BCUT2D eigenvalue weighted by Gasteiger charge is 2.31. The van der Waals surface area contributed by atoms with Crippen LogP contribution in [0.15, 0.2) is 66.7 Å². The molecule has 2 N–H and O–H groups in total. The van der Waals surface area contributed by atoms with E-state index in [1.165, 1.54) is 23.3 Å². The van der Waals surface area contributed by atoms with Crippen molar-refractivity contribution in [2.45, 2.75) is 25.9 Å². The highest BCUT2D eigenvalue weighted by atomic mass is 19.4. The summed E-state index contributed by atoms with van der Waals surface area (Å²) >= 11 is 0. The molecule has 1 heterocycles. The summed E-state index contributed by atoms with van der Waals surface area (Å²) in [5, 5.41) is 6.04. The summed E-state index contributed by atoms with van der Waals surface area (Å²) in [6, 6.07) is 17.6. The Labute approximate surface area is 200 Å². The fraction of sp³-hybridized carbons (Fsp3) is 0.231. The highest BCUT2D eigenvalue weighted by Crippen LogP contribution is 2.24. The Balaban J connectivity index is 1.39. The Bertz CT molecular complexity index is 1230. The van der Waals surface area contributed by atoms with Crippen LogP contribution in [0, 0.1) is 0 Å². The van der Waals surface area contributed by atoms with E-state index in [9.17, 15) is 22.8 Å². The lowest BCUT2D eigenvalue weighted by molar-refractivity contribution is -0.274. The monoisotopic (exact) mass is 483 g/mol. The average Bonchev–Trinajstić information content (AvgIpc) is 2.85. The smallest absolute Gasteiger partial charge is 0.406 e. The number of carbonyl (C=O) groups is 2. The SMILES string of the molecule is CN(C(=O)c1cccc(CNC(=O)c2ccc(OC(F)(F)F)cc2)c1)c1ccc2c(c1)CNCC2. The summed E-state index contributed by atoms with van der Waals surface area (Å²) < 4.78 is 40.7. The lowest BCUT2D eigenvalue weighted by Crippen LogP contribution is -2.28. The van der Waals surface area contributed by atoms with E-state index in [0.717, 1.165) is 37.3 Å². The van der Waals surface area contributed by atoms with E-state index in [-0.39, 0.29) is 18.0 Å². The van der Waals surface area contributed by atoms with Gasteiger partial charge in [0, 0.05) is 37.0 Å². The molecule has 2 amide bonds. The summed E-state index contributed by atoms with van der Waals surface area (Å²) in [5.41, 5.74) is 4.65. The van der Waals surface area contributed by atoms with Gasteiger partial charge in [-0.15, -0.1) is 13.2 Å². The topological polar surface area (TPSA) is 70.7 Å². The van der Waals surface area contributed by atoms with Crippen molar-refractivity contribution in [3.8, 4) is 5.75 Å². The molecule has 1 aliphatic rings. The Morgan fingerprint density at radius 1 is 1.00 bits per heavy atom. The van der Waals surface area contributed by atoms with E-state index >= 15 is 0 Å². The number of amides is 2. The van der Waals surface area contributed by atoms with E-state index in [2.05, 4.69) is 21.4 Å². The quantitative estimate of drug-likeness (QED) is 0.544. The Hall–Kier alpha value is -3.85. The summed E-state index contributed by atoms with van der Waals surface area (Å²) in [5.74, 6) is -1.04. The lowest BCUT2D eigenvalue weighted by Gasteiger charge is -2.22. The number of nitrogens with zero attached hydrogens (tertiary/aromatic N) is 1. The lowest BCUT2D eigenvalue weighted by atomic mass is 10.00. The van der Waals surface area contributed by atoms with Crippen molar-refractivity contribution in [2.24, 2.45) is 0 Å². The predicted octanol–water partition coefficient (Wildman–Crippen LogP) is 4.44. The fourth-order valence-electron chi connectivity index (χ4n) is 3.89. The van der Waals surface area contributed by atoms with Crippen LogP contribution in [0.2, 0.25) is 0 Å². The largest absolute Gasteiger partial charge is 0.573 e. The third kappa shape index (κ3) is 6.19. The van der Waals surface area contributed by atoms with E-state index in [1.54, 1.807) is 36.2 Å². The molecule has 4 rings (SSSR count). The number of hydrogen-bond acceptors (Lipinski definition) is 4. The summed E-state index contributed by atoms with van der Waals surface area (Å²) in [4.78, 5) is 27.1. The van der Waals surface area contributed by atoms with E-state index < -0.39 is 18.0 Å². The normalized spacial score (nSPS) is 13.0. The number of fused-ring (bicyclic) bond motifs is 1. The van der Waals surface area contributed by atoms with E-state index in [1.807, 2.05) is 12.1 Å². The maximum Gasteiger partial charge on any atom is 0.573 e. The number of anilines is 1. The van der Waals surface area contributed by atoms with Crippen molar-refractivity contribution < 1.29 is 27.5 Å². The maximum atomic E-state index is 13.1. The van der Waals surface area contributed by atoms with Gasteiger partial charge >= 0.3 is 6.36 Å². The van der Waals surface area contributed by atoms with Gasteiger partial charge in [0.1, 0.15) is 5.75 Å². The van der Waals surface area contributed by atoms with Crippen molar-refractivity contribution in [3.05, 3.63) is 94.5 Å². The molecule has 1 aliphatic heterocycles. The summed E-state index contributed by atoms with van der Waals surface area (Å²) in [7, 11) is 1.72. The maximum absolute atomic E-state index is 13.1. The number of carbonyl (C=O) groups excluding carboxylic acids is 2. The van der Waals surface area contributed by atoms with Crippen LogP contribution in [-0.4, -0.2) is 31.8 Å². The number of hydrogen-bond donors (Lipinski definition) is 2. The van der Waals surface area contributed by atoms with Crippen LogP contribution in [0.25, 0.3) is 0 Å². The molecule has 0 aliphatic carbocycles. The van der Waals surface area contributed by atoms with Gasteiger partial charge in [0.05, 0.1) is 0 Å². The molecule has 3 aromatic rings. The van der Waals surface area contributed by atoms with Gasteiger partial charge in [0.15, 0.2) is 0 Å². The molecule has 0 bridgehead atoms. The van der Waals surface area contributed by atoms with Gasteiger partial charge in [0.25, 0.3) is 11.8 Å². The molecule has 182 valence electrons. The van der Waals surface area contributed by atoms with Crippen molar-refractivity contribution in [2.75, 3.05) is 18.5 Å². The zero-order valence-corrected chi connectivity index (χ0v) is 19.0. The van der Waals surface area contributed by atoms with Gasteiger partial charge in [-0.3, -0.25) is 9.59 Å². The second-order valence-corrected chi connectivity index (χ2v) is 8.20. The molecular weight excluding hydrogens is 459 g/mol. The van der Waals surface area contributed by atoms with Crippen molar-refractivity contribution >= 4 is 17.5 Å². The first-order chi connectivity index (χ1) is 16.7. The minimum atomic E-state index is -4.79. The predicted molar refractivity (Wildman–Crippen MR) is 125 cm³/mol. The van der Waals surface area contributed by atoms with E-state index in [0.29, 0.717) is 11.1 Å². The molecule has 0 atom stereocenters. The first-order valence-corrected chi connectivity index (χ1v) is 11.0. The van der Waals surface area contributed by atoms with Gasteiger partial charge < -0.3 is 20.3 Å². The van der Waals surface area contributed by atoms with Gasteiger partial charge in [0.2, 0.25) is 0 Å². The third-order valence-electron chi connectivity index (χ3n) is 5.75. The zero-order valence-electron chi connectivity index (χ0n) is 19.0. The molecule has 0 radical (unpaired) electrons. The van der Waals surface area contributed by atoms with Gasteiger partial charge in [-0.1, -0.05) is 18.2 Å². The van der Waals surface area contributed by atoms with Gasteiger partial charge in [-0.25, -0.2) is 0 Å². The molecule has 0 saturated heterocycles. The van der Waals surface area contributed by atoms with Crippen molar-refractivity contribution in [1.82, 2.24) is 10.6 Å². The highest BCUT2D eigenvalue weighted by molar-refractivity contribution is 6.06. The van der Waals surface area contributed by atoms with Crippen LogP contribution in [0.4, 0.5) is 18.9 Å². The second kappa shape index (κ2) is 10.2. The molecule has 9 heteroatoms. The third-order valence-corrected chi connectivity index (χ3v) is 5.75. The van der Waals surface area contributed by atoms with Crippen LogP contribution in [0.1, 0.15) is 37.4 Å². The minimum absolute atomic E-state index is 0.148. The van der Waals surface area contributed by atoms with Crippen LogP contribution >= 0.6 is 0 Å². The van der Waals surface area contributed by atoms with Crippen LogP contribution < -0.4 is 20.3 Å². The number of ether oxygens (including phenoxy) is 1. The van der Waals surface area contributed by atoms with Gasteiger partial charge in [-0.2, -0.15) is 0 Å². The van der Waals surface area contributed by atoms with Crippen LogP contribution in [0.5, 0.6) is 5.75 Å². The second-order valence-electron chi connectivity index (χ2n) is 8.20. The fourth-order valence-corrected chi connectivity index (χ4v) is 3.89. The van der Waals surface area contributed by atoms with Crippen molar-refractivity contribution in [1.29, 1.82) is 0 Å². The van der Waals surface area contributed by atoms with Crippen LogP contribution in [0.3, 0.4) is 0 Å². The van der Waals surface area contributed by atoms with Crippen LogP contribution in [-0.2, 0) is 19.5 Å². The molecule has 6 nitrogen and oxygen atoms in total. The first kappa shape index (κ1) is 24.3. The molecule has 0 unspecified atom stereocenters. The molecular formula is C26H24F3N3O3. The standard InChI is InChI=1S/C26H24F3N3O3/c1-32(22-8-5-18-11-12-30-16-21(18)14-22)25(34)20-4-2-3-17(13-20)15-31-24(33)19-6-9-23(10-7-19)35-26(27,28)29/h2-10,13-14,30H,11-12,15-16H2,1H3,(H,31,33). The Morgan fingerprint density at radius 3 is 2.51 bits per heavy atom. The molecule has 0 fully saturated rings. The zero-order chi connectivity index (χ0) is 25.0. The van der Waals surface area contributed by atoms with Gasteiger partial charge in [-0.05, 0) is 78.2 Å². The molecule has 35 heavy (non-hydrogen) atoms. The number of rotatable bonds is 6. The summed E-state index contributed by atoms with van der Waals surface area (Å²) in [6.07, 6.45) is -3.83. The molecule has 0 aromatic heterocycles.